The van der Waals surface area contributed by atoms with Gasteiger partial charge in [0, 0.05) is 17.5 Å². The molecule has 12 heteroatoms. The van der Waals surface area contributed by atoms with E-state index in [1.165, 1.54) is 54.8 Å². The van der Waals surface area contributed by atoms with E-state index in [0.717, 1.165) is 16.7 Å². The number of anilines is 1. The van der Waals surface area contributed by atoms with Crippen LogP contribution >= 0.6 is 11.3 Å². The van der Waals surface area contributed by atoms with E-state index in [0.29, 0.717) is 10.7 Å². The first-order chi connectivity index (χ1) is 22.6. The van der Waals surface area contributed by atoms with Gasteiger partial charge in [0.05, 0.1) is 10.9 Å². The Hall–Kier alpha value is -5.88. The van der Waals surface area contributed by atoms with Crippen LogP contribution in [-0.2, 0) is 31.3 Å². The van der Waals surface area contributed by atoms with Gasteiger partial charge in [0.15, 0.2) is 10.8 Å². The van der Waals surface area contributed by atoms with Gasteiger partial charge in [0.25, 0.3) is 5.69 Å². The van der Waals surface area contributed by atoms with Gasteiger partial charge >= 0.3 is 5.97 Å². The minimum Gasteiger partial charge on any atom is -0.543 e. The van der Waals surface area contributed by atoms with Crippen molar-refractivity contribution < 1.29 is 29.2 Å². The first-order valence-electron chi connectivity index (χ1n) is 14.4. The highest BCUT2D eigenvalue weighted by atomic mass is 32.1. The maximum absolute atomic E-state index is 12.8. The van der Waals surface area contributed by atoms with E-state index in [1.54, 1.807) is 0 Å². The minimum absolute atomic E-state index is 0.0318. The largest absolute Gasteiger partial charge is 0.543 e. The molecule has 0 saturated carbocycles. The van der Waals surface area contributed by atoms with Crippen molar-refractivity contribution in [2.45, 2.75) is 31.6 Å². The highest BCUT2D eigenvalue weighted by Crippen LogP contribution is 2.40. The Morgan fingerprint density at radius 2 is 1.36 bits per heavy atom. The summed E-state index contributed by atoms with van der Waals surface area (Å²) in [6, 6.07) is 35.0. The maximum atomic E-state index is 12.8. The van der Waals surface area contributed by atoms with Crippen molar-refractivity contribution in [3.63, 3.8) is 0 Å². The molecule has 0 aliphatic heterocycles. The molecule has 5 aromatic rings. The van der Waals surface area contributed by atoms with E-state index in [2.05, 4.69) is 15.5 Å². The predicted octanol–water partition coefficient (Wildman–Crippen LogP) is 5.45. The van der Waals surface area contributed by atoms with Crippen molar-refractivity contribution >= 4 is 39.8 Å². The van der Waals surface area contributed by atoms with Crippen molar-refractivity contribution in [1.29, 1.82) is 0 Å². The molecule has 11 nitrogen and oxygen atoms in total. The van der Waals surface area contributed by atoms with Crippen molar-refractivity contribution in [3.8, 4) is 0 Å². The molecule has 0 bridgehead atoms. The smallest absolute Gasteiger partial charge is 0.353 e. The van der Waals surface area contributed by atoms with Crippen LogP contribution in [0.3, 0.4) is 0 Å². The molecule has 5 rings (SSSR count). The zero-order chi connectivity index (χ0) is 33.4. The Morgan fingerprint density at radius 1 is 0.851 bits per heavy atom. The first-order valence-corrected chi connectivity index (χ1v) is 15.3. The summed E-state index contributed by atoms with van der Waals surface area (Å²) in [6.07, 6.45) is 0. The molecule has 0 spiro atoms. The molecule has 0 aliphatic rings. The van der Waals surface area contributed by atoms with Crippen LogP contribution in [0, 0.1) is 10.1 Å². The number of hydrogen-bond acceptors (Lipinski definition) is 11. The number of esters is 1. The first kappa shape index (κ1) is 32.5. The number of nitro benzene ring substituents is 1. The maximum Gasteiger partial charge on any atom is 0.353 e. The monoisotopic (exact) mass is 649 g/mol. The second-order valence-corrected chi connectivity index (χ2v) is 11.7. The minimum atomic E-state index is -1.69. The second kappa shape index (κ2) is 14.0. The van der Waals surface area contributed by atoms with Crippen LogP contribution in [0.4, 0.5) is 10.8 Å². The Kier molecular flexibility index (Phi) is 9.71. The number of oxime groups is 1. The molecule has 0 atom stereocenters. The molecule has 0 unspecified atom stereocenters. The summed E-state index contributed by atoms with van der Waals surface area (Å²) in [6.45, 7) is 2.54. The topological polar surface area (TPSA) is 156 Å². The fraction of sp³-hybridized carbons (Fsp3) is 0.143. The fourth-order valence-corrected chi connectivity index (χ4v) is 5.55. The molecule has 1 heterocycles. The number of nitrogens with one attached hydrogen (secondary N) is 1. The van der Waals surface area contributed by atoms with Gasteiger partial charge in [-0.1, -0.05) is 96.2 Å². The number of nitrogens with zero attached hydrogens (tertiary/aromatic N) is 3. The fourth-order valence-electron chi connectivity index (χ4n) is 4.80. The average molecular weight is 650 g/mol. The number of carbonyl (C=O) groups excluding carboxylic acids is 2. The lowest BCUT2D eigenvalue weighted by atomic mass is 9.77. The predicted molar refractivity (Wildman–Crippen MR) is 175 cm³/mol. The van der Waals surface area contributed by atoms with Gasteiger partial charge in [-0.05, 0) is 48.2 Å². The summed E-state index contributed by atoms with van der Waals surface area (Å²) in [4.78, 5) is 45.2. The number of carbonyl (C=O) groups is 2. The summed E-state index contributed by atoms with van der Waals surface area (Å²) in [7, 11) is 0. The lowest BCUT2D eigenvalue weighted by molar-refractivity contribution is -0.384. The molecular weight excluding hydrogens is 620 g/mol. The number of benzene rings is 4. The Bertz CT molecular complexity index is 1780. The standard InChI is InChI=1S/C35H30N4O7S/c1-34(2,32(42)45-22-24-18-20-28(21-19-24)39(43)44)46-38-30(31(40)41)29-23-47-33(36-29)37-35(25-12-6-3-7-13-25,26-14-8-4-9-15-26)27-16-10-5-11-17-27/h3-21,23H,22H2,1-2H3,(H,36,37)(H,40,41)/p-1/b38-30-. The normalized spacial score (nSPS) is 11.8. The number of aromatic nitrogens is 1. The third-order valence-corrected chi connectivity index (χ3v) is 7.99. The number of non-ortho nitro benzene ring substituents is 1. The molecule has 0 fully saturated rings. The SMILES string of the molecule is CC(C)(O/N=C(\C(=O)[O-])c1csc(NC(c2ccccc2)(c2ccccc2)c2ccccc2)n1)C(=O)OCc1ccc([N+](=O)[O-])cc1. The van der Waals surface area contributed by atoms with E-state index < -0.39 is 33.7 Å². The third-order valence-electron chi connectivity index (χ3n) is 7.23. The zero-order valence-corrected chi connectivity index (χ0v) is 26.2. The van der Waals surface area contributed by atoms with Crippen molar-refractivity contribution in [2.24, 2.45) is 5.16 Å². The van der Waals surface area contributed by atoms with Gasteiger partial charge in [0.1, 0.15) is 17.8 Å². The van der Waals surface area contributed by atoms with Gasteiger partial charge in [0.2, 0.25) is 5.60 Å². The summed E-state index contributed by atoms with van der Waals surface area (Å²) < 4.78 is 5.29. The van der Waals surface area contributed by atoms with E-state index in [1.807, 2.05) is 91.0 Å². The zero-order valence-electron chi connectivity index (χ0n) is 25.4. The number of nitro groups is 1. The van der Waals surface area contributed by atoms with E-state index >= 15 is 0 Å². The van der Waals surface area contributed by atoms with Crippen LogP contribution in [0.15, 0.2) is 126 Å². The number of rotatable bonds is 13. The van der Waals surface area contributed by atoms with Crippen molar-refractivity contribution in [1.82, 2.24) is 4.98 Å². The number of carboxylic acids is 1. The van der Waals surface area contributed by atoms with Crippen LogP contribution in [-0.4, -0.2) is 33.2 Å². The molecule has 0 aliphatic carbocycles. The lowest BCUT2D eigenvalue weighted by Gasteiger charge is -2.36. The quantitative estimate of drug-likeness (QED) is 0.0576. The van der Waals surface area contributed by atoms with Gasteiger partial charge in [-0.15, -0.1) is 11.3 Å². The van der Waals surface area contributed by atoms with Crippen LogP contribution in [0.2, 0.25) is 0 Å². The molecule has 0 amide bonds. The lowest BCUT2D eigenvalue weighted by Crippen LogP contribution is -2.38. The van der Waals surface area contributed by atoms with Crippen LogP contribution in [0.1, 0.15) is 41.8 Å². The Labute approximate surface area is 274 Å². The van der Waals surface area contributed by atoms with E-state index in [-0.39, 0.29) is 18.0 Å². The Morgan fingerprint density at radius 3 is 1.83 bits per heavy atom. The number of hydrogen-bond donors (Lipinski definition) is 1. The highest BCUT2D eigenvalue weighted by Gasteiger charge is 2.37. The number of aliphatic carboxylic acids is 1. The summed E-state index contributed by atoms with van der Waals surface area (Å²) in [5.41, 5.74) is -0.0322. The number of ether oxygens (including phenoxy) is 1. The van der Waals surface area contributed by atoms with Crippen LogP contribution in [0.5, 0.6) is 0 Å². The second-order valence-electron chi connectivity index (χ2n) is 10.8. The van der Waals surface area contributed by atoms with Gasteiger partial charge in [-0.25, -0.2) is 9.78 Å². The molecule has 0 saturated heterocycles. The van der Waals surface area contributed by atoms with E-state index in [4.69, 9.17) is 9.57 Å². The van der Waals surface area contributed by atoms with Crippen LogP contribution < -0.4 is 10.4 Å². The molecule has 238 valence electrons. The third kappa shape index (κ3) is 7.34. The molecule has 47 heavy (non-hydrogen) atoms. The molecule has 1 N–H and O–H groups in total. The molecule has 4 aromatic carbocycles. The van der Waals surface area contributed by atoms with Crippen molar-refractivity contribution in [3.05, 3.63) is 159 Å². The van der Waals surface area contributed by atoms with Gasteiger partial charge in [-0.3, -0.25) is 10.1 Å². The van der Waals surface area contributed by atoms with Crippen LogP contribution in [0.25, 0.3) is 0 Å². The molecule has 1 aromatic heterocycles. The van der Waals surface area contributed by atoms with Crippen molar-refractivity contribution in [2.75, 3.05) is 5.32 Å². The highest BCUT2D eigenvalue weighted by molar-refractivity contribution is 7.14. The van der Waals surface area contributed by atoms with E-state index in [9.17, 15) is 24.8 Å². The summed E-state index contributed by atoms with van der Waals surface area (Å²) >= 11 is 1.17. The number of thiazole rings is 1. The average Bonchev–Trinajstić information content (AvgIpc) is 3.55. The van der Waals surface area contributed by atoms with Gasteiger partial charge in [-0.2, -0.15) is 0 Å². The molecule has 0 radical (unpaired) electrons. The summed E-state index contributed by atoms with van der Waals surface area (Å²) in [5, 5.41) is 32.3. The Balaban J connectivity index is 1.40. The number of carboxylic acid groups (broad SMARTS) is 1. The summed E-state index contributed by atoms with van der Waals surface area (Å²) in [5.74, 6) is -2.49. The molecular formula is C35H29N4O7S-. The van der Waals surface area contributed by atoms with Gasteiger partial charge < -0.3 is 24.8 Å².